The van der Waals surface area contributed by atoms with Crippen LogP contribution in [0.4, 0.5) is 0 Å². The van der Waals surface area contributed by atoms with Gasteiger partial charge in [-0.2, -0.15) is 0 Å². The molecule has 3 N–H and O–H groups in total. The monoisotopic (exact) mass is 379 g/mol. The molecule has 0 aliphatic heterocycles. The van der Waals surface area contributed by atoms with Crippen LogP contribution in [0.5, 0.6) is 5.75 Å². The van der Waals surface area contributed by atoms with Crippen LogP contribution in [0.15, 0.2) is 42.5 Å². The molecule has 0 amide bonds. The van der Waals surface area contributed by atoms with Crippen molar-refractivity contribution in [2.45, 2.75) is 63.3 Å². The number of hydrogen-bond acceptors (Lipinski definition) is 3. The van der Waals surface area contributed by atoms with Crippen molar-refractivity contribution in [1.29, 1.82) is 0 Å². The van der Waals surface area contributed by atoms with Crippen LogP contribution in [0.1, 0.15) is 60.8 Å². The average Bonchev–Trinajstić information content (AvgIpc) is 3.11. The zero-order valence-corrected chi connectivity index (χ0v) is 17.0. The molecule has 0 saturated heterocycles. The largest absolute Gasteiger partial charge is 0.494 e. The predicted octanol–water partition coefficient (Wildman–Crippen LogP) is 4.39. The molecule has 1 unspecified atom stereocenters. The number of nitrogens with two attached hydrogens (primary N) is 1. The Kier molecular flexibility index (Phi) is 5.75. The lowest BCUT2D eigenvalue weighted by molar-refractivity contribution is 0.198. The lowest BCUT2D eigenvalue weighted by atomic mass is 9.79. The topological polar surface area (TPSA) is 55.5 Å². The Morgan fingerprint density at radius 2 is 2.04 bits per heavy atom. The summed E-state index contributed by atoms with van der Waals surface area (Å²) in [7, 11) is 0. The molecule has 2 aromatic carbocycles. The summed E-state index contributed by atoms with van der Waals surface area (Å²) in [5.74, 6) is 2.19. The van der Waals surface area contributed by atoms with Gasteiger partial charge in [0.15, 0.2) is 0 Å². The first kappa shape index (κ1) is 19.5. The average molecular weight is 380 g/mol. The highest BCUT2D eigenvalue weighted by molar-refractivity contribution is 5.37. The second-order valence-electron chi connectivity index (χ2n) is 8.88. The number of ether oxygens (including phenoxy) is 1. The zero-order valence-electron chi connectivity index (χ0n) is 17.0. The van der Waals surface area contributed by atoms with E-state index in [1.165, 1.54) is 35.1 Å². The fraction of sp³-hybridized carbons (Fsp3) is 0.520. The van der Waals surface area contributed by atoms with Crippen molar-refractivity contribution < 1.29 is 9.84 Å². The summed E-state index contributed by atoms with van der Waals surface area (Å²) >= 11 is 0. The quantitative estimate of drug-likeness (QED) is 0.783. The van der Waals surface area contributed by atoms with Crippen molar-refractivity contribution in [2.75, 3.05) is 13.2 Å². The molecular weight excluding hydrogens is 346 g/mol. The van der Waals surface area contributed by atoms with Crippen LogP contribution in [0.2, 0.25) is 0 Å². The van der Waals surface area contributed by atoms with E-state index in [9.17, 15) is 5.11 Å². The molecule has 3 atom stereocenters. The van der Waals surface area contributed by atoms with Gasteiger partial charge >= 0.3 is 0 Å². The Balaban J connectivity index is 1.42. The van der Waals surface area contributed by atoms with Crippen molar-refractivity contribution in [2.24, 2.45) is 11.7 Å². The molecule has 3 nitrogen and oxygen atoms in total. The Labute approximate surface area is 168 Å². The Morgan fingerprint density at radius 1 is 1.14 bits per heavy atom. The molecule has 150 valence electrons. The predicted molar refractivity (Wildman–Crippen MR) is 114 cm³/mol. The number of fused-ring (bicyclic) bond motifs is 1. The van der Waals surface area contributed by atoms with Gasteiger partial charge in [0.25, 0.3) is 0 Å². The number of aryl methyl sites for hydroxylation is 1. The molecule has 0 bridgehead atoms. The van der Waals surface area contributed by atoms with Crippen LogP contribution in [-0.4, -0.2) is 23.9 Å². The first-order chi connectivity index (χ1) is 13.6. The fourth-order valence-corrected chi connectivity index (χ4v) is 5.13. The standard InChI is InChI=1S/C25H33NO2/c1-2-28-24-5-3-4-18(14-24)12-19-6-7-21-15-22(9-8-20(21)13-19)23-10-11-25(26,16-23)17-27/h3-5,8-9,14-15,19,23,27H,2,6-7,10-13,16-17,26H2,1H3/t19?,23-,25+/m0/s1. The van der Waals surface area contributed by atoms with E-state index in [-0.39, 0.29) is 12.1 Å². The highest BCUT2D eigenvalue weighted by atomic mass is 16.5. The van der Waals surface area contributed by atoms with Crippen LogP contribution in [0.3, 0.4) is 0 Å². The minimum atomic E-state index is -0.373. The van der Waals surface area contributed by atoms with Crippen molar-refractivity contribution in [3.8, 4) is 5.75 Å². The molecule has 0 radical (unpaired) electrons. The first-order valence-electron chi connectivity index (χ1n) is 10.8. The summed E-state index contributed by atoms with van der Waals surface area (Å²) < 4.78 is 5.65. The second-order valence-corrected chi connectivity index (χ2v) is 8.88. The minimum Gasteiger partial charge on any atom is -0.494 e. The van der Waals surface area contributed by atoms with Gasteiger partial charge in [-0.15, -0.1) is 0 Å². The molecule has 28 heavy (non-hydrogen) atoms. The number of aliphatic hydroxyl groups excluding tert-OH is 1. The van der Waals surface area contributed by atoms with E-state index < -0.39 is 0 Å². The van der Waals surface area contributed by atoms with E-state index >= 15 is 0 Å². The van der Waals surface area contributed by atoms with Crippen LogP contribution in [0, 0.1) is 5.92 Å². The number of benzene rings is 2. The van der Waals surface area contributed by atoms with Crippen molar-refractivity contribution in [3.63, 3.8) is 0 Å². The van der Waals surface area contributed by atoms with E-state index in [2.05, 4.69) is 36.4 Å². The number of hydrogen-bond donors (Lipinski definition) is 2. The summed E-state index contributed by atoms with van der Waals surface area (Å²) in [5, 5.41) is 9.55. The third kappa shape index (κ3) is 4.26. The molecule has 2 aromatic rings. The van der Waals surface area contributed by atoms with Gasteiger partial charge < -0.3 is 15.6 Å². The van der Waals surface area contributed by atoms with Crippen molar-refractivity contribution in [3.05, 3.63) is 64.7 Å². The Morgan fingerprint density at radius 3 is 2.82 bits per heavy atom. The SMILES string of the molecule is CCOc1cccc(CC2CCc3cc([C@H]4CC[C@](N)(CO)C4)ccc3C2)c1. The highest BCUT2D eigenvalue weighted by Crippen LogP contribution is 2.40. The van der Waals surface area contributed by atoms with Gasteiger partial charge in [-0.05, 0) is 98.1 Å². The molecular formula is C25H33NO2. The molecule has 0 aromatic heterocycles. The van der Waals surface area contributed by atoms with Gasteiger partial charge in [0.1, 0.15) is 5.75 Å². The van der Waals surface area contributed by atoms with Crippen LogP contribution in [-0.2, 0) is 19.3 Å². The summed E-state index contributed by atoms with van der Waals surface area (Å²) in [5.41, 5.74) is 11.7. The van der Waals surface area contributed by atoms with Gasteiger partial charge in [-0.25, -0.2) is 0 Å². The third-order valence-corrected chi connectivity index (χ3v) is 6.72. The third-order valence-electron chi connectivity index (χ3n) is 6.72. The van der Waals surface area contributed by atoms with E-state index in [0.717, 1.165) is 37.9 Å². The van der Waals surface area contributed by atoms with E-state index in [4.69, 9.17) is 10.5 Å². The van der Waals surface area contributed by atoms with Crippen LogP contribution in [0.25, 0.3) is 0 Å². The zero-order chi connectivity index (χ0) is 19.6. The second kappa shape index (κ2) is 8.26. The van der Waals surface area contributed by atoms with E-state index in [0.29, 0.717) is 18.4 Å². The molecule has 2 aliphatic rings. The lowest BCUT2D eigenvalue weighted by Gasteiger charge is -2.26. The molecule has 4 rings (SSSR count). The maximum absolute atomic E-state index is 9.55. The summed E-state index contributed by atoms with van der Waals surface area (Å²) in [6, 6.07) is 15.7. The Hall–Kier alpha value is -1.84. The molecule has 3 heteroatoms. The first-order valence-corrected chi connectivity index (χ1v) is 10.8. The van der Waals surface area contributed by atoms with Crippen LogP contribution < -0.4 is 10.5 Å². The fourth-order valence-electron chi connectivity index (χ4n) is 5.13. The van der Waals surface area contributed by atoms with Crippen molar-refractivity contribution >= 4 is 0 Å². The van der Waals surface area contributed by atoms with Gasteiger partial charge in [-0.1, -0.05) is 30.3 Å². The van der Waals surface area contributed by atoms with Crippen LogP contribution >= 0.6 is 0 Å². The van der Waals surface area contributed by atoms with Gasteiger partial charge in [0.05, 0.1) is 13.2 Å². The maximum atomic E-state index is 9.55. The summed E-state index contributed by atoms with van der Waals surface area (Å²) in [4.78, 5) is 0. The summed E-state index contributed by atoms with van der Waals surface area (Å²) in [6.45, 7) is 2.84. The van der Waals surface area contributed by atoms with Gasteiger partial charge in [0, 0.05) is 5.54 Å². The molecule has 2 aliphatic carbocycles. The van der Waals surface area contributed by atoms with Gasteiger partial charge in [0.2, 0.25) is 0 Å². The number of rotatable bonds is 6. The minimum absolute atomic E-state index is 0.0978. The number of aliphatic hydroxyl groups is 1. The molecule has 0 spiro atoms. The normalized spacial score (nSPS) is 26.8. The van der Waals surface area contributed by atoms with E-state index in [1.54, 1.807) is 0 Å². The lowest BCUT2D eigenvalue weighted by Crippen LogP contribution is -2.40. The van der Waals surface area contributed by atoms with E-state index in [1.807, 2.05) is 13.0 Å². The van der Waals surface area contributed by atoms with Gasteiger partial charge in [-0.3, -0.25) is 0 Å². The molecule has 1 fully saturated rings. The molecule has 0 heterocycles. The summed E-state index contributed by atoms with van der Waals surface area (Å²) in [6.07, 6.45) is 7.62. The smallest absolute Gasteiger partial charge is 0.119 e. The maximum Gasteiger partial charge on any atom is 0.119 e. The Bertz CT molecular complexity index is 818. The van der Waals surface area contributed by atoms with Crippen molar-refractivity contribution in [1.82, 2.24) is 0 Å². The molecule has 1 saturated carbocycles. The highest BCUT2D eigenvalue weighted by Gasteiger charge is 2.36.